The number of aliphatic hydroxyl groups excluding tert-OH is 1. The molecule has 0 atom stereocenters. The first-order valence-electron chi connectivity index (χ1n) is 5.51. The molecule has 0 amide bonds. The first-order valence-corrected chi connectivity index (χ1v) is 6.95. The molecule has 5 nitrogen and oxygen atoms in total. The minimum absolute atomic E-state index is 0.216. The summed E-state index contributed by atoms with van der Waals surface area (Å²) in [6.45, 7) is 1.75. The van der Waals surface area contributed by atoms with Crippen LogP contribution in [-0.2, 0) is 10.2 Å². The second-order valence-electron chi connectivity index (χ2n) is 4.45. The topological polar surface area (TPSA) is 69.6 Å². The van der Waals surface area contributed by atoms with Crippen LogP contribution in [0, 0.1) is 5.92 Å². The molecule has 2 aliphatic rings. The van der Waals surface area contributed by atoms with Crippen LogP contribution in [0.25, 0.3) is 0 Å². The van der Waals surface area contributed by atoms with Crippen LogP contribution in [0.15, 0.2) is 0 Å². The summed E-state index contributed by atoms with van der Waals surface area (Å²) in [5, 5.41) is 9.07. The maximum atomic E-state index is 11.7. The van der Waals surface area contributed by atoms with E-state index < -0.39 is 10.2 Å². The summed E-state index contributed by atoms with van der Waals surface area (Å²) in [7, 11) is -3.25. The van der Waals surface area contributed by atoms with Crippen molar-refractivity contribution >= 4 is 10.2 Å². The molecule has 0 aromatic carbocycles. The minimum atomic E-state index is -3.25. The Morgan fingerprint density at radius 2 is 1.87 bits per heavy atom. The smallest absolute Gasteiger partial charge is 0.279 e. The maximum absolute atomic E-state index is 11.7. The van der Waals surface area contributed by atoms with Gasteiger partial charge in [0.1, 0.15) is 0 Å². The summed E-state index contributed by atoms with van der Waals surface area (Å²) in [6, 6.07) is 0. The number of hydrogen-bond donors (Lipinski definition) is 2. The number of nitrogens with zero attached hydrogens (tertiary/aromatic N) is 1. The average Bonchev–Trinajstić information content (AvgIpc) is 2.63. The molecule has 0 aromatic rings. The van der Waals surface area contributed by atoms with Crippen molar-refractivity contribution in [2.24, 2.45) is 5.92 Å². The van der Waals surface area contributed by atoms with Crippen molar-refractivity contribution in [3.8, 4) is 0 Å². The lowest BCUT2D eigenvalue weighted by atomic mass is 9.83. The van der Waals surface area contributed by atoms with E-state index in [-0.39, 0.29) is 6.10 Å². The highest BCUT2D eigenvalue weighted by Crippen LogP contribution is 2.26. The highest BCUT2D eigenvalue weighted by molar-refractivity contribution is 7.87. The standard InChI is InChI=1S/C9H18N2O3S/c12-9-5-8(6-9)7-10-15(13,14)11-3-1-2-4-11/h8-10,12H,1-7H2. The van der Waals surface area contributed by atoms with Gasteiger partial charge in [-0.15, -0.1) is 0 Å². The fourth-order valence-electron chi connectivity index (χ4n) is 2.11. The van der Waals surface area contributed by atoms with Crippen molar-refractivity contribution in [2.45, 2.75) is 31.8 Å². The Labute approximate surface area is 90.6 Å². The van der Waals surface area contributed by atoms with Crippen LogP contribution in [0.2, 0.25) is 0 Å². The number of nitrogens with one attached hydrogen (secondary N) is 1. The zero-order valence-electron chi connectivity index (χ0n) is 8.72. The number of aliphatic hydroxyl groups is 1. The third-order valence-corrected chi connectivity index (χ3v) is 4.75. The third kappa shape index (κ3) is 2.69. The molecule has 1 aliphatic heterocycles. The van der Waals surface area contributed by atoms with E-state index in [4.69, 9.17) is 5.11 Å². The molecule has 1 saturated heterocycles. The molecule has 2 rings (SSSR count). The van der Waals surface area contributed by atoms with Crippen LogP contribution in [0.5, 0.6) is 0 Å². The molecule has 15 heavy (non-hydrogen) atoms. The largest absolute Gasteiger partial charge is 0.393 e. The summed E-state index contributed by atoms with van der Waals surface area (Å²) in [4.78, 5) is 0. The fraction of sp³-hybridized carbons (Fsp3) is 1.00. The molecule has 1 aliphatic carbocycles. The van der Waals surface area contributed by atoms with Gasteiger partial charge in [0.2, 0.25) is 0 Å². The van der Waals surface area contributed by atoms with Gasteiger partial charge in [0.05, 0.1) is 6.10 Å². The molecular weight excluding hydrogens is 216 g/mol. The Morgan fingerprint density at radius 1 is 1.27 bits per heavy atom. The van der Waals surface area contributed by atoms with Crippen molar-refractivity contribution in [1.29, 1.82) is 0 Å². The van der Waals surface area contributed by atoms with E-state index in [0.717, 1.165) is 25.7 Å². The van der Waals surface area contributed by atoms with Gasteiger partial charge in [0.25, 0.3) is 10.2 Å². The summed E-state index contributed by atoms with van der Waals surface area (Å²) in [5.41, 5.74) is 0. The lowest BCUT2D eigenvalue weighted by Crippen LogP contribution is -2.44. The van der Waals surface area contributed by atoms with E-state index in [0.29, 0.717) is 25.6 Å². The van der Waals surface area contributed by atoms with Crippen LogP contribution in [0.1, 0.15) is 25.7 Å². The molecule has 0 spiro atoms. The van der Waals surface area contributed by atoms with E-state index in [1.54, 1.807) is 0 Å². The van der Waals surface area contributed by atoms with Crippen LogP contribution >= 0.6 is 0 Å². The van der Waals surface area contributed by atoms with Crippen LogP contribution in [0.4, 0.5) is 0 Å². The Balaban J connectivity index is 1.77. The predicted molar refractivity (Wildman–Crippen MR) is 56.5 cm³/mol. The van der Waals surface area contributed by atoms with Gasteiger partial charge < -0.3 is 5.11 Å². The monoisotopic (exact) mass is 234 g/mol. The third-order valence-electron chi connectivity index (χ3n) is 3.17. The van der Waals surface area contributed by atoms with Crippen LogP contribution in [0.3, 0.4) is 0 Å². The van der Waals surface area contributed by atoms with Crippen LogP contribution in [-0.4, -0.2) is 43.6 Å². The van der Waals surface area contributed by atoms with Crippen molar-refractivity contribution in [1.82, 2.24) is 9.03 Å². The minimum Gasteiger partial charge on any atom is -0.393 e. The van der Waals surface area contributed by atoms with Gasteiger partial charge in [0.15, 0.2) is 0 Å². The first-order chi connectivity index (χ1) is 7.08. The van der Waals surface area contributed by atoms with Gasteiger partial charge in [-0.3, -0.25) is 0 Å². The highest BCUT2D eigenvalue weighted by Gasteiger charge is 2.30. The predicted octanol–water partition coefficient (Wildman–Crippen LogP) is -0.313. The highest BCUT2D eigenvalue weighted by atomic mass is 32.2. The second kappa shape index (κ2) is 4.37. The molecule has 2 N–H and O–H groups in total. The Kier molecular flexibility index (Phi) is 3.30. The van der Waals surface area contributed by atoms with Crippen LogP contribution < -0.4 is 4.72 Å². The fourth-order valence-corrected chi connectivity index (χ4v) is 3.48. The Bertz CT molecular complexity index is 305. The number of rotatable bonds is 4. The summed E-state index contributed by atoms with van der Waals surface area (Å²) < 4.78 is 27.5. The maximum Gasteiger partial charge on any atom is 0.279 e. The number of hydrogen-bond acceptors (Lipinski definition) is 3. The molecule has 0 bridgehead atoms. The summed E-state index contributed by atoms with van der Waals surface area (Å²) >= 11 is 0. The van der Waals surface area contributed by atoms with Gasteiger partial charge >= 0.3 is 0 Å². The van der Waals surface area contributed by atoms with Gasteiger partial charge in [-0.05, 0) is 31.6 Å². The average molecular weight is 234 g/mol. The zero-order chi connectivity index (χ0) is 10.9. The normalized spacial score (nSPS) is 32.9. The molecule has 6 heteroatoms. The van der Waals surface area contributed by atoms with Gasteiger partial charge in [0, 0.05) is 19.6 Å². The lowest BCUT2D eigenvalue weighted by molar-refractivity contribution is 0.0452. The van der Waals surface area contributed by atoms with Crippen molar-refractivity contribution in [3.05, 3.63) is 0 Å². The first kappa shape index (κ1) is 11.3. The molecular formula is C9H18N2O3S. The second-order valence-corrected chi connectivity index (χ2v) is 6.21. The van der Waals surface area contributed by atoms with E-state index in [1.807, 2.05) is 0 Å². The molecule has 0 aromatic heterocycles. The quantitative estimate of drug-likeness (QED) is 0.701. The SMILES string of the molecule is O=S(=O)(NCC1CC(O)C1)N1CCCC1. The van der Waals surface area contributed by atoms with Crippen molar-refractivity contribution in [2.75, 3.05) is 19.6 Å². The van der Waals surface area contributed by atoms with Crippen molar-refractivity contribution < 1.29 is 13.5 Å². The lowest BCUT2D eigenvalue weighted by Gasteiger charge is -2.31. The summed E-state index contributed by atoms with van der Waals surface area (Å²) in [6.07, 6.45) is 3.16. The van der Waals surface area contributed by atoms with Crippen molar-refractivity contribution in [3.63, 3.8) is 0 Å². The Hall–Kier alpha value is -0.170. The Morgan fingerprint density at radius 3 is 2.40 bits per heavy atom. The van der Waals surface area contributed by atoms with E-state index in [1.165, 1.54) is 4.31 Å². The van der Waals surface area contributed by atoms with Gasteiger partial charge in [-0.2, -0.15) is 12.7 Å². The molecule has 1 heterocycles. The van der Waals surface area contributed by atoms with E-state index in [2.05, 4.69) is 4.72 Å². The molecule has 1 saturated carbocycles. The van der Waals surface area contributed by atoms with Gasteiger partial charge in [-0.25, -0.2) is 4.72 Å². The molecule has 88 valence electrons. The molecule has 0 radical (unpaired) electrons. The zero-order valence-corrected chi connectivity index (χ0v) is 9.54. The molecule has 2 fully saturated rings. The van der Waals surface area contributed by atoms with Gasteiger partial charge in [-0.1, -0.05) is 0 Å². The molecule has 0 unspecified atom stereocenters. The van der Waals surface area contributed by atoms with E-state index >= 15 is 0 Å². The summed E-state index contributed by atoms with van der Waals surface area (Å²) in [5.74, 6) is 0.317. The van der Waals surface area contributed by atoms with E-state index in [9.17, 15) is 8.42 Å².